The first-order valence-corrected chi connectivity index (χ1v) is 5.61. The maximum atomic E-state index is 5.93. The minimum atomic E-state index is 0.956. The molecule has 86 valence electrons. The summed E-state index contributed by atoms with van der Waals surface area (Å²) in [7, 11) is 0. The van der Waals surface area contributed by atoms with Crippen LogP contribution in [0.2, 0.25) is 0 Å². The molecule has 2 N–H and O–H groups in total. The van der Waals surface area contributed by atoms with Crippen molar-refractivity contribution >= 4 is 0 Å². The Morgan fingerprint density at radius 3 is 1.87 bits per heavy atom. The first kappa shape index (κ1) is 14.0. The zero-order valence-corrected chi connectivity index (χ0v) is 11.1. The van der Waals surface area contributed by atoms with Crippen molar-refractivity contribution in [2.75, 3.05) is 0 Å². The van der Waals surface area contributed by atoms with Crippen LogP contribution < -0.4 is 5.73 Å². The van der Waals surface area contributed by atoms with Crippen LogP contribution in [-0.4, -0.2) is 0 Å². The van der Waals surface area contributed by atoms with Crippen LogP contribution >= 0.6 is 0 Å². The largest absolute Gasteiger partial charge is 0.402 e. The molecule has 0 aromatic heterocycles. The molecule has 0 aliphatic heterocycles. The fourth-order valence-electron chi connectivity index (χ4n) is 1.45. The molecule has 0 unspecified atom stereocenters. The Hall–Kier alpha value is -0.980. The van der Waals surface area contributed by atoms with Crippen LogP contribution in [0, 0.1) is 0 Å². The molecule has 0 atom stereocenters. The molecule has 0 amide bonds. The lowest BCUT2D eigenvalue weighted by Gasteiger charge is -2.12. The van der Waals surface area contributed by atoms with Gasteiger partial charge in [-0.2, -0.15) is 0 Å². The van der Waals surface area contributed by atoms with Crippen LogP contribution in [0.15, 0.2) is 34.1 Å². The fraction of sp³-hybridized carbons (Fsp3) is 0.571. The van der Waals surface area contributed by atoms with E-state index in [1.165, 1.54) is 22.3 Å². The fourth-order valence-corrected chi connectivity index (χ4v) is 1.45. The van der Waals surface area contributed by atoms with Crippen molar-refractivity contribution in [2.45, 2.75) is 54.4 Å². The summed E-state index contributed by atoms with van der Waals surface area (Å²) < 4.78 is 0. The third-order valence-corrected chi connectivity index (χ3v) is 2.94. The van der Waals surface area contributed by atoms with E-state index in [4.69, 9.17) is 5.73 Å². The summed E-state index contributed by atoms with van der Waals surface area (Å²) in [5.41, 5.74) is 12.3. The molecule has 1 heteroatoms. The molecule has 0 aromatic carbocycles. The summed E-state index contributed by atoms with van der Waals surface area (Å²) >= 11 is 0. The van der Waals surface area contributed by atoms with Gasteiger partial charge in [0.15, 0.2) is 0 Å². The maximum absolute atomic E-state index is 5.93. The second kappa shape index (κ2) is 6.49. The molecule has 1 nitrogen and oxygen atoms in total. The molecule has 0 saturated heterocycles. The van der Waals surface area contributed by atoms with E-state index in [2.05, 4.69) is 40.7 Å². The molecule has 0 spiro atoms. The van der Waals surface area contributed by atoms with Crippen LogP contribution in [0.4, 0.5) is 0 Å². The average Bonchev–Trinajstić information content (AvgIpc) is 2.16. The van der Waals surface area contributed by atoms with Crippen LogP contribution in [0.3, 0.4) is 0 Å². The number of hydrogen-bond acceptors (Lipinski definition) is 1. The summed E-state index contributed by atoms with van der Waals surface area (Å²) in [5, 5.41) is 0. The first-order valence-electron chi connectivity index (χ1n) is 5.61. The highest BCUT2D eigenvalue weighted by molar-refractivity contribution is 5.35. The van der Waals surface area contributed by atoms with Crippen LogP contribution in [0.1, 0.15) is 54.4 Å². The van der Waals surface area contributed by atoms with E-state index in [1.54, 1.807) is 0 Å². The Balaban J connectivity index is 4.76. The lowest BCUT2D eigenvalue weighted by Crippen LogP contribution is -2.01. The van der Waals surface area contributed by atoms with Gasteiger partial charge in [0.2, 0.25) is 0 Å². The quantitative estimate of drug-likeness (QED) is 0.539. The van der Waals surface area contributed by atoms with Crippen molar-refractivity contribution < 1.29 is 0 Å². The molecule has 0 saturated carbocycles. The van der Waals surface area contributed by atoms with Crippen molar-refractivity contribution in [1.29, 1.82) is 0 Å². The second-order valence-corrected chi connectivity index (χ2v) is 4.42. The molecule has 0 heterocycles. The molecular weight excluding hydrogens is 182 g/mol. The Bertz CT molecular complexity index is 295. The maximum Gasteiger partial charge on any atom is 0.00841 e. The van der Waals surface area contributed by atoms with E-state index in [9.17, 15) is 0 Å². The van der Waals surface area contributed by atoms with Gasteiger partial charge in [0.1, 0.15) is 0 Å². The standard InChI is InChI=1S/C14H25N/c1-7-11(4)8-9-14(13(6)15)12(5)10(2)3/h7H,8-9,15H2,1-6H3/b11-7+,14-13+. The number of rotatable bonds is 4. The third-order valence-electron chi connectivity index (χ3n) is 2.94. The number of hydrogen-bond donors (Lipinski definition) is 1. The Morgan fingerprint density at radius 1 is 1.00 bits per heavy atom. The van der Waals surface area contributed by atoms with Gasteiger partial charge < -0.3 is 5.73 Å². The molecular formula is C14H25N. The Kier molecular flexibility index (Phi) is 6.07. The number of nitrogens with two attached hydrogens (primary N) is 1. The molecule has 0 aliphatic carbocycles. The van der Waals surface area contributed by atoms with E-state index >= 15 is 0 Å². The predicted octanol–water partition coefficient (Wildman–Crippen LogP) is 4.32. The summed E-state index contributed by atoms with van der Waals surface area (Å²) in [4.78, 5) is 0. The summed E-state index contributed by atoms with van der Waals surface area (Å²) in [6.45, 7) is 12.7. The van der Waals surface area contributed by atoms with Gasteiger partial charge in [0, 0.05) is 5.70 Å². The smallest absolute Gasteiger partial charge is 0.00841 e. The monoisotopic (exact) mass is 207 g/mol. The normalized spacial score (nSPS) is 13.6. The van der Waals surface area contributed by atoms with Crippen molar-refractivity contribution in [1.82, 2.24) is 0 Å². The van der Waals surface area contributed by atoms with E-state index in [-0.39, 0.29) is 0 Å². The Morgan fingerprint density at radius 2 is 1.53 bits per heavy atom. The minimum Gasteiger partial charge on any atom is -0.402 e. The van der Waals surface area contributed by atoms with E-state index < -0.39 is 0 Å². The predicted molar refractivity (Wildman–Crippen MR) is 69.6 cm³/mol. The van der Waals surface area contributed by atoms with Crippen molar-refractivity contribution in [3.8, 4) is 0 Å². The molecule has 0 aromatic rings. The van der Waals surface area contributed by atoms with Crippen LogP contribution in [0.5, 0.6) is 0 Å². The van der Waals surface area contributed by atoms with Crippen molar-refractivity contribution in [2.24, 2.45) is 5.73 Å². The van der Waals surface area contributed by atoms with Gasteiger partial charge in [0.25, 0.3) is 0 Å². The topological polar surface area (TPSA) is 26.0 Å². The Labute approximate surface area is 94.8 Å². The lowest BCUT2D eigenvalue weighted by atomic mass is 9.95. The van der Waals surface area contributed by atoms with Gasteiger partial charge in [-0.3, -0.25) is 0 Å². The molecule has 0 radical (unpaired) electrons. The van der Waals surface area contributed by atoms with Gasteiger partial charge in [-0.15, -0.1) is 0 Å². The highest BCUT2D eigenvalue weighted by Gasteiger charge is 2.05. The highest BCUT2D eigenvalue weighted by atomic mass is 14.6. The zero-order chi connectivity index (χ0) is 12.0. The van der Waals surface area contributed by atoms with Gasteiger partial charge >= 0.3 is 0 Å². The summed E-state index contributed by atoms with van der Waals surface area (Å²) in [5.74, 6) is 0. The van der Waals surface area contributed by atoms with E-state index in [0.29, 0.717) is 0 Å². The summed E-state index contributed by atoms with van der Waals surface area (Å²) in [6, 6.07) is 0. The van der Waals surface area contributed by atoms with Gasteiger partial charge in [-0.1, -0.05) is 17.2 Å². The molecule has 0 rings (SSSR count). The molecule has 0 bridgehead atoms. The molecule has 0 aliphatic rings. The zero-order valence-electron chi connectivity index (χ0n) is 11.1. The van der Waals surface area contributed by atoms with Gasteiger partial charge in [-0.25, -0.2) is 0 Å². The molecule has 0 fully saturated rings. The number of allylic oxidation sites excluding steroid dienone is 6. The van der Waals surface area contributed by atoms with Crippen LogP contribution in [0.25, 0.3) is 0 Å². The van der Waals surface area contributed by atoms with Crippen LogP contribution in [-0.2, 0) is 0 Å². The first-order chi connectivity index (χ1) is 6.90. The van der Waals surface area contributed by atoms with E-state index in [0.717, 1.165) is 18.5 Å². The average molecular weight is 207 g/mol. The van der Waals surface area contributed by atoms with Crippen molar-refractivity contribution in [3.05, 3.63) is 34.1 Å². The van der Waals surface area contributed by atoms with Crippen molar-refractivity contribution in [3.63, 3.8) is 0 Å². The van der Waals surface area contributed by atoms with Gasteiger partial charge in [0.05, 0.1) is 0 Å². The summed E-state index contributed by atoms with van der Waals surface area (Å²) in [6.07, 6.45) is 4.32. The third kappa shape index (κ3) is 4.87. The lowest BCUT2D eigenvalue weighted by molar-refractivity contribution is 0.902. The highest BCUT2D eigenvalue weighted by Crippen LogP contribution is 2.22. The van der Waals surface area contributed by atoms with E-state index in [1.807, 2.05) is 6.92 Å². The minimum absolute atomic E-state index is 0.956. The molecule has 15 heavy (non-hydrogen) atoms. The SMILES string of the molecule is C/C=C(\C)CC/C(C(C)=C(C)C)=C(/C)N. The second-order valence-electron chi connectivity index (χ2n) is 4.42. The van der Waals surface area contributed by atoms with Gasteiger partial charge in [-0.05, 0) is 65.5 Å².